The summed E-state index contributed by atoms with van der Waals surface area (Å²) in [5.74, 6) is -1.13. The molecule has 0 bridgehead atoms. The fraction of sp³-hybridized carbons (Fsp3) is 0.375. The van der Waals surface area contributed by atoms with E-state index in [1.54, 1.807) is 0 Å². The minimum atomic E-state index is -2.90. The molecule has 0 fully saturated rings. The molecule has 1 rings (SSSR count). The highest BCUT2D eigenvalue weighted by Crippen LogP contribution is 2.25. The molecule has 0 aromatic carbocycles. The second kappa shape index (κ2) is 4.75. The molecule has 0 amide bonds. The molecule has 1 N–H and O–H groups in total. The maximum atomic E-state index is 13.1. The first-order chi connectivity index (χ1) is 6.60. The summed E-state index contributed by atoms with van der Waals surface area (Å²) in [6, 6.07) is 0.980. The smallest absolute Gasteiger partial charge is 0.266 e. The summed E-state index contributed by atoms with van der Waals surface area (Å²) in [6.45, 7) is -0.688. The normalized spacial score (nSPS) is 11.0. The molecule has 0 saturated carbocycles. The number of nitrogens with zero attached hydrogens (tertiary/aromatic N) is 1. The first kappa shape index (κ1) is 11.5. The van der Waals surface area contributed by atoms with Gasteiger partial charge in [0.2, 0.25) is 0 Å². The van der Waals surface area contributed by atoms with Crippen molar-refractivity contribution in [3.05, 3.63) is 28.8 Å². The van der Waals surface area contributed by atoms with Crippen LogP contribution in [0.3, 0.4) is 0 Å². The zero-order valence-electron chi connectivity index (χ0n) is 6.98. The van der Waals surface area contributed by atoms with Crippen LogP contribution in [-0.2, 0) is 11.9 Å². The zero-order valence-corrected chi connectivity index (χ0v) is 8.56. The van der Waals surface area contributed by atoms with Gasteiger partial charge < -0.3 is 5.11 Å². The van der Waals surface area contributed by atoms with Crippen LogP contribution in [0.4, 0.5) is 13.2 Å². The van der Waals surface area contributed by atoms with Crippen molar-refractivity contribution < 1.29 is 18.3 Å². The molecule has 0 aliphatic heterocycles. The van der Waals surface area contributed by atoms with E-state index < -0.39 is 24.4 Å². The predicted octanol–water partition coefficient (Wildman–Crippen LogP) is 2.55. The van der Waals surface area contributed by atoms with E-state index in [1.165, 1.54) is 0 Å². The lowest BCUT2D eigenvalue weighted by molar-refractivity contribution is 0.145. The lowest BCUT2D eigenvalue weighted by Crippen LogP contribution is -2.03. The summed E-state index contributed by atoms with van der Waals surface area (Å²) >= 11 is 3.02. The van der Waals surface area contributed by atoms with Crippen LogP contribution in [0.1, 0.15) is 23.4 Å². The Kier molecular flexibility index (Phi) is 3.88. The number of pyridine rings is 1. The van der Waals surface area contributed by atoms with Crippen molar-refractivity contribution in [3.8, 4) is 0 Å². The minimum absolute atomic E-state index is 0.236. The van der Waals surface area contributed by atoms with Crippen LogP contribution in [0.15, 0.2) is 6.07 Å². The zero-order chi connectivity index (χ0) is 10.7. The Morgan fingerprint density at radius 3 is 2.57 bits per heavy atom. The SMILES string of the molecule is OCc1nc(CBr)cc(C(F)F)c1F. The van der Waals surface area contributed by atoms with Crippen LogP contribution in [0.2, 0.25) is 0 Å². The summed E-state index contributed by atoms with van der Waals surface area (Å²) in [5, 5.41) is 8.92. The third-order valence-electron chi connectivity index (χ3n) is 1.63. The van der Waals surface area contributed by atoms with E-state index in [0.717, 1.165) is 6.07 Å². The highest BCUT2D eigenvalue weighted by atomic mass is 79.9. The van der Waals surface area contributed by atoms with Crippen molar-refractivity contribution in [1.82, 2.24) is 4.98 Å². The Labute approximate surface area is 86.9 Å². The number of hydrogen-bond donors (Lipinski definition) is 1. The van der Waals surface area contributed by atoms with Crippen molar-refractivity contribution >= 4 is 15.9 Å². The summed E-state index contributed by atoms with van der Waals surface area (Å²) < 4.78 is 37.7. The first-order valence-electron chi connectivity index (χ1n) is 3.73. The number of aliphatic hydroxyl groups is 1. The fourth-order valence-electron chi connectivity index (χ4n) is 0.996. The van der Waals surface area contributed by atoms with Crippen LogP contribution in [0, 0.1) is 5.82 Å². The molecule has 1 aromatic rings. The fourth-order valence-corrected chi connectivity index (χ4v) is 1.28. The molecule has 1 aromatic heterocycles. The lowest BCUT2D eigenvalue weighted by Gasteiger charge is -2.07. The Morgan fingerprint density at radius 2 is 2.14 bits per heavy atom. The summed E-state index contributed by atoms with van der Waals surface area (Å²) in [7, 11) is 0. The number of rotatable bonds is 3. The van der Waals surface area contributed by atoms with Gasteiger partial charge in [0.1, 0.15) is 5.69 Å². The molecular formula is C8H7BrF3NO. The van der Waals surface area contributed by atoms with Gasteiger partial charge in [-0.2, -0.15) is 0 Å². The Morgan fingerprint density at radius 1 is 1.50 bits per heavy atom. The standard InChI is InChI=1S/C8H7BrF3NO/c9-2-4-1-5(8(11)12)7(10)6(3-14)13-4/h1,8,14H,2-3H2. The van der Waals surface area contributed by atoms with E-state index >= 15 is 0 Å². The molecule has 78 valence electrons. The second-order valence-corrected chi connectivity index (χ2v) is 3.12. The molecule has 0 atom stereocenters. The van der Waals surface area contributed by atoms with E-state index in [1.807, 2.05) is 0 Å². The topological polar surface area (TPSA) is 33.1 Å². The van der Waals surface area contributed by atoms with Crippen LogP contribution < -0.4 is 0 Å². The molecule has 0 spiro atoms. The van der Waals surface area contributed by atoms with Gasteiger partial charge in [-0.1, -0.05) is 15.9 Å². The van der Waals surface area contributed by atoms with Crippen molar-refractivity contribution in [2.75, 3.05) is 0 Å². The quantitative estimate of drug-likeness (QED) is 0.856. The van der Waals surface area contributed by atoms with Crippen LogP contribution in [0.5, 0.6) is 0 Å². The third kappa shape index (κ3) is 2.24. The van der Waals surface area contributed by atoms with E-state index in [0.29, 0.717) is 0 Å². The van der Waals surface area contributed by atoms with Crippen molar-refractivity contribution in [2.24, 2.45) is 0 Å². The number of aromatic nitrogens is 1. The lowest BCUT2D eigenvalue weighted by atomic mass is 10.2. The molecule has 1 heterocycles. The third-order valence-corrected chi connectivity index (χ3v) is 2.20. The molecule has 0 radical (unpaired) electrons. The van der Waals surface area contributed by atoms with Gasteiger partial charge in [0, 0.05) is 5.33 Å². The van der Waals surface area contributed by atoms with Gasteiger partial charge in [-0.15, -0.1) is 0 Å². The van der Waals surface area contributed by atoms with Gasteiger partial charge >= 0.3 is 0 Å². The molecule has 0 aliphatic carbocycles. The maximum absolute atomic E-state index is 13.1. The summed E-state index contributed by atoms with van der Waals surface area (Å²) in [5.41, 5.74) is -0.804. The van der Waals surface area contributed by atoms with Crippen LogP contribution in [-0.4, -0.2) is 10.1 Å². The van der Waals surface area contributed by atoms with Gasteiger partial charge in [0.15, 0.2) is 5.82 Å². The minimum Gasteiger partial charge on any atom is -0.390 e. The predicted molar refractivity (Wildman–Crippen MR) is 47.7 cm³/mol. The molecule has 14 heavy (non-hydrogen) atoms. The van der Waals surface area contributed by atoms with E-state index in [2.05, 4.69) is 20.9 Å². The van der Waals surface area contributed by atoms with Gasteiger partial charge in [-0.3, -0.25) is 4.98 Å². The molecule has 0 saturated heterocycles. The average molecular weight is 270 g/mol. The van der Waals surface area contributed by atoms with Gasteiger partial charge in [0.25, 0.3) is 6.43 Å². The van der Waals surface area contributed by atoms with E-state index in [4.69, 9.17) is 5.11 Å². The monoisotopic (exact) mass is 269 g/mol. The molecule has 6 heteroatoms. The summed E-state index contributed by atoms with van der Waals surface area (Å²) in [6.07, 6.45) is -2.90. The molecule has 2 nitrogen and oxygen atoms in total. The molecule has 0 aliphatic rings. The first-order valence-corrected chi connectivity index (χ1v) is 4.85. The highest BCUT2D eigenvalue weighted by Gasteiger charge is 2.18. The highest BCUT2D eigenvalue weighted by molar-refractivity contribution is 9.08. The van der Waals surface area contributed by atoms with Crippen molar-refractivity contribution in [3.63, 3.8) is 0 Å². The van der Waals surface area contributed by atoms with E-state index in [-0.39, 0.29) is 16.7 Å². The Hall–Kier alpha value is -0.620. The number of aliphatic hydroxyl groups excluding tert-OH is 1. The van der Waals surface area contributed by atoms with Crippen molar-refractivity contribution in [2.45, 2.75) is 18.4 Å². The molecular weight excluding hydrogens is 263 g/mol. The summed E-state index contributed by atoms with van der Waals surface area (Å²) in [4.78, 5) is 3.65. The Bertz CT molecular complexity index is 333. The molecule has 0 unspecified atom stereocenters. The number of alkyl halides is 3. The van der Waals surface area contributed by atoms with Crippen LogP contribution in [0.25, 0.3) is 0 Å². The number of halogens is 4. The van der Waals surface area contributed by atoms with Crippen LogP contribution >= 0.6 is 15.9 Å². The van der Waals surface area contributed by atoms with Gasteiger partial charge in [0.05, 0.1) is 17.9 Å². The average Bonchev–Trinajstić information content (AvgIpc) is 2.17. The van der Waals surface area contributed by atoms with Crippen molar-refractivity contribution in [1.29, 1.82) is 0 Å². The largest absolute Gasteiger partial charge is 0.390 e. The van der Waals surface area contributed by atoms with E-state index in [9.17, 15) is 13.2 Å². The maximum Gasteiger partial charge on any atom is 0.266 e. The Balaban J connectivity index is 3.27. The van der Waals surface area contributed by atoms with Gasteiger partial charge in [-0.05, 0) is 6.07 Å². The number of hydrogen-bond acceptors (Lipinski definition) is 2. The second-order valence-electron chi connectivity index (χ2n) is 2.56. The van der Waals surface area contributed by atoms with Gasteiger partial charge in [-0.25, -0.2) is 13.2 Å².